The number of nitrogens with one attached hydrogen (secondary N) is 1. The van der Waals surface area contributed by atoms with Gasteiger partial charge in [-0.2, -0.15) is 0 Å². The highest BCUT2D eigenvalue weighted by Crippen LogP contribution is 2.32. The maximum absolute atomic E-state index is 5.59. The Kier molecular flexibility index (Phi) is 3.08. The Balaban J connectivity index is 1.67. The van der Waals surface area contributed by atoms with Crippen molar-refractivity contribution >= 4 is 11.0 Å². The van der Waals surface area contributed by atoms with E-state index in [2.05, 4.69) is 37.0 Å². The summed E-state index contributed by atoms with van der Waals surface area (Å²) in [5.74, 6) is 1.86. The molecule has 0 unspecified atom stereocenters. The zero-order valence-electron chi connectivity index (χ0n) is 11.1. The number of ether oxygens (including phenoxy) is 1. The molecule has 0 saturated heterocycles. The second kappa shape index (κ2) is 4.73. The molecule has 96 valence electrons. The first kappa shape index (κ1) is 11.7. The van der Waals surface area contributed by atoms with E-state index in [4.69, 9.17) is 9.72 Å². The minimum atomic E-state index is 0.492. The van der Waals surface area contributed by atoms with E-state index in [0.717, 1.165) is 35.8 Å². The number of aromatic nitrogens is 2. The van der Waals surface area contributed by atoms with Gasteiger partial charge in [0.15, 0.2) is 0 Å². The lowest BCUT2D eigenvalue weighted by atomic mass is 9.80. The van der Waals surface area contributed by atoms with Crippen LogP contribution < -0.4 is 0 Å². The van der Waals surface area contributed by atoms with Crippen LogP contribution in [0.1, 0.15) is 31.2 Å². The fraction of sp³-hybridized carbons (Fsp3) is 0.533. The molecule has 0 radical (unpaired) electrons. The molecule has 0 spiro atoms. The van der Waals surface area contributed by atoms with Gasteiger partial charge in [-0.3, -0.25) is 0 Å². The first-order chi connectivity index (χ1) is 8.76. The van der Waals surface area contributed by atoms with E-state index in [1.165, 1.54) is 18.4 Å². The molecule has 1 aromatic carbocycles. The Hall–Kier alpha value is -1.35. The first-order valence-corrected chi connectivity index (χ1v) is 6.82. The predicted molar refractivity (Wildman–Crippen MR) is 72.7 cm³/mol. The Labute approximate surface area is 108 Å². The van der Waals surface area contributed by atoms with E-state index in [-0.39, 0.29) is 0 Å². The summed E-state index contributed by atoms with van der Waals surface area (Å²) in [5, 5.41) is 0. The first-order valence-electron chi connectivity index (χ1n) is 6.82. The van der Waals surface area contributed by atoms with Gasteiger partial charge in [0.25, 0.3) is 0 Å². The molecule has 0 amide bonds. The van der Waals surface area contributed by atoms with Crippen molar-refractivity contribution in [2.24, 2.45) is 5.92 Å². The molecule has 1 saturated carbocycles. The molecule has 1 N–H and O–H groups in total. The lowest BCUT2D eigenvalue weighted by Crippen LogP contribution is -2.32. The number of aromatic amines is 1. The average molecular weight is 244 g/mol. The second-order valence-corrected chi connectivity index (χ2v) is 5.27. The average Bonchev–Trinajstić information content (AvgIpc) is 2.71. The number of imidazole rings is 1. The van der Waals surface area contributed by atoms with Crippen molar-refractivity contribution in [3.8, 4) is 0 Å². The number of fused-ring (bicyclic) bond motifs is 1. The molecule has 1 aliphatic rings. The van der Waals surface area contributed by atoms with Gasteiger partial charge in [0.1, 0.15) is 5.82 Å². The quantitative estimate of drug-likeness (QED) is 0.896. The van der Waals surface area contributed by atoms with Crippen molar-refractivity contribution in [1.82, 2.24) is 9.97 Å². The van der Waals surface area contributed by atoms with Crippen LogP contribution in [0.2, 0.25) is 0 Å². The number of hydrogen-bond acceptors (Lipinski definition) is 2. The number of hydrogen-bond donors (Lipinski definition) is 1. The van der Waals surface area contributed by atoms with Crippen LogP contribution in [0.15, 0.2) is 18.2 Å². The number of para-hydroxylation sites is 1. The second-order valence-electron chi connectivity index (χ2n) is 5.27. The molecular formula is C15H20N2O. The molecule has 3 nitrogen and oxygen atoms in total. The van der Waals surface area contributed by atoms with E-state index < -0.39 is 0 Å². The van der Waals surface area contributed by atoms with Crippen LogP contribution >= 0.6 is 0 Å². The van der Waals surface area contributed by atoms with Gasteiger partial charge in [0.2, 0.25) is 0 Å². The van der Waals surface area contributed by atoms with E-state index in [1.807, 2.05) is 0 Å². The number of aryl methyl sites for hydroxylation is 1. The fourth-order valence-corrected chi connectivity index (χ4v) is 2.81. The van der Waals surface area contributed by atoms with Gasteiger partial charge < -0.3 is 9.72 Å². The fourth-order valence-electron chi connectivity index (χ4n) is 2.81. The van der Waals surface area contributed by atoms with Crippen LogP contribution in [0.4, 0.5) is 0 Å². The SMILES string of the molecule is CCOC1CC(Cc2nc3c(C)cccc3[nH]2)C1. The maximum Gasteiger partial charge on any atom is 0.107 e. The molecule has 3 heteroatoms. The molecule has 1 aromatic heterocycles. The van der Waals surface area contributed by atoms with Crippen molar-refractivity contribution in [3.63, 3.8) is 0 Å². The third-order valence-corrected chi connectivity index (χ3v) is 3.84. The highest BCUT2D eigenvalue weighted by molar-refractivity contribution is 5.78. The molecule has 1 heterocycles. The van der Waals surface area contributed by atoms with Gasteiger partial charge in [-0.25, -0.2) is 4.98 Å². The van der Waals surface area contributed by atoms with E-state index >= 15 is 0 Å². The van der Waals surface area contributed by atoms with Crippen LogP contribution in [0.3, 0.4) is 0 Å². The summed E-state index contributed by atoms with van der Waals surface area (Å²) < 4.78 is 5.59. The third-order valence-electron chi connectivity index (χ3n) is 3.84. The number of nitrogens with zero attached hydrogens (tertiary/aromatic N) is 1. The van der Waals surface area contributed by atoms with Gasteiger partial charge in [0.05, 0.1) is 17.1 Å². The zero-order valence-corrected chi connectivity index (χ0v) is 11.1. The van der Waals surface area contributed by atoms with Crippen LogP contribution in [0.5, 0.6) is 0 Å². The normalized spacial score (nSPS) is 23.2. The van der Waals surface area contributed by atoms with Crippen molar-refractivity contribution < 1.29 is 4.74 Å². The molecule has 3 rings (SSSR count). The molecule has 1 aliphatic carbocycles. The Bertz CT molecular complexity index is 540. The zero-order chi connectivity index (χ0) is 12.5. The minimum Gasteiger partial charge on any atom is -0.378 e. The van der Waals surface area contributed by atoms with Gasteiger partial charge in [-0.1, -0.05) is 12.1 Å². The molecule has 0 bridgehead atoms. The number of benzene rings is 1. The Morgan fingerprint density at radius 1 is 1.39 bits per heavy atom. The molecular weight excluding hydrogens is 224 g/mol. The van der Waals surface area contributed by atoms with Gasteiger partial charge in [-0.15, -0.1) is 0 Å². The number of H-pyrrole nitrogens is 1. The van der Waals surface area contributed by atoms with Gasteiger partial charge in [-0.05, 0) is 44.2 Å². The van der Waals surface area contributed by atoms with Crippen LogP contribution in [-0.2, 0) is 11.2 Å². The van der Waals surface area contributed by atoms with E-state index in [9.17, 15) is 0 Å². The largest absolute Gasteiger partial charge is 0.378 e. The van der Waals surface area contributed by atoms with Crippen LogP contribution in [0, 0.1) is 12.8 Å². The van der Waals surface area contributed by atoms with Gasteiger partial charge >= 0.3 is 0 Å². The summed E-state index contributed by atoms with van der Waals surface area (Å²) >= 11 is 0. The summed E-state index contributed by atoms with van der Waals surface area (Å²) in [6.07, 6.45) is 3.91. The Morgan fingerprint density at radius 2 is 2.22 bits per heavy atom. The summed E-state index contributed by atoms with van der Waals surface area (Å²) in [5.41, 5.74) is 3.52. The topological polar surface area (TPSA) is 37.9 Å². The molecule has 2 aromatic rings. The summed E-state index contributed by atoms with van der Waals surface area (Å²) in [4.78, 5) is 8.14. The molecule has 1 fully saturated rings. The van der Waals surface area contributed by atoms with Gasteiger partial charge in [0, 0.05) is 13.0 Å². The monoisotopic (exact) mass is 244 g/mol. The van der Waals surface area contributed by atoms with Crippen LogP contribution in [0.25, 0.3) is 11.0 Å². The Morgan fingerprint density at radius 3 is 2.94 bits per heavy atom. The summed E-state index contributed by atoms with van der Waals surface area (Å²) in [7, 11) is 0. The van der Waals surface area contributed by atoms with Crippen LogP contribution in [-0.4, -0.2) is 22.7 Å². The van der Waals surface area contributed by atoms with E-state index in [0.29, 0.717) is 6.10 Å². The molecule has 0 atom stereocenters. The molecule has 0 aliphatic heterocycles. The van der Waals surface area contributed by atoms with Crippen molar-refractivity contribution in [1.29, 1.82) is 0 Å². The third kappa shape index (κ3) is 2.15. The highest BCUT2D eigenvalue weighted by atomic mass is 16.5. The maximum atomic E-state index is 5.59. The highest BCUT2D eigenvalue weighted by Gasteiger charge is 2.30. The van der Waals surface area contributed by atoms with E-state index in [1.54, 1.807) is 0 Å². The standard InChI is InChI=1S/C15H20N2O/c1-3-18-12-7-11(8-12)9-14-16-13-6-4-5-10(2)15(13)17-14/h4-6,11-12H,3,7-9H2,1-2H3,(H,16,17). The number of rotatable bonds is 4. The molecule has 18 heavy (non-hydrogen) atoms. The smallest absolute Gasteiger partial charge is 0.107 e. The lowest BCUT2D eigenvalue weighted by Gasteiger charge is -2.34. The predicted octanol–water partition coefficient (Wildman–Crippen LogP) is 3.23. The summed E-state index contributed by atoms with van der Waals surface area (Å²) in [6, 6.07) is 6.29. The lowest BCUT2D eigenvalue weighted by molar-refractivity contribution is -0.0244. The van der Waals surface area contributed by atoms with Crippen molar-refractivity contribution in [3.05, 3.63) is 29.6 Å². The van der Waals surface area contributed by atoms with Crippen molar-refractivity contribution in [2.75, 3.05) is 6.61 Å². The van der Waals surface area contributed by atoms with Crippen molar-refractivity contribution in [2.45, 2.75) is 39.2 Å². The summed E-state index contributed by atoms with van der Waals surface area (Å²) in [6.45, 7) is 5.01. The minimum absolute atomic E-state index is 0.492.